The SMILES string of the molecule is CCS(=O)(=O)NC1CCNC1Cc1cccc(-c2ccccc2OCCCC(=O)O)c1.Cl. The Kier molecular flexibility index (Phi) is 9.96. The van der Waals surface area contributed by atoms with Crippen molar-refractivity contribution in [2.24, 2.45) is 0 Å². The molecule has 2 aromatic rings. The van der Waals surface area contributed by atoms with Crippen LogP contribution in [0.3, 0.4) is 0 Å². The Morgan fingerprint density at radius 3 is 2.75 bits per heavy atom. The van der Waals surface area contributed by atoms with E-state index in [1.165, 1.54) is 0 Å². The van der Waals surface area contributed by atoms with E-state index in [2.05, 4.69) is 16.1 Å². The number of para-hydroxylation sites is 1. The van der Waals surface area contributed by atoms with Crippen molar-refractivity contribution in [3.05, 3.63) is 54.1 Å². The molecule has 32 heavy (non-hydrogen) atoms. The number of halogens is 1. The maximum Gasteiger partial charge on any atom is 0.303 e. The van der Waals surface area contributed by atoms with Crippen LogP contribution in [0.5, 0.6) is 5.75 Å². The molecule has 3 rings (SSSR count). The quantitative estimate of drug-likeness (QED) is 0.425. The van der Waals surface area contributed by atoms with Crippen molar-refractivity contribution >= 4 is 28.4 Å². The van der Waals surface area contributed by atoms with Crippen LogP contribution in [0.4, 0.5) is 0 Å². The van der Waals surface area contributed by atoms with Gasteiger partial charge in [-0.3, -0.25) is 4.79 Å². The predicted molar refractivity (Wildman–Crippen MR) is 128 cm³/mol. The van der Waals surface area contributed by atoms with Crippen LogP contribution < -0.4 is 14.8 Å². The number of carboxylic acid groups (broad SMARTS) is 1. The lowest BCUT2D eigenvalue weighted by atomic mass is 9.97. The lowest BCUT2D eigenvalue weighted by Crippen LogP contribution is -2.45. The topological polar surface area (TPSA) is 105 Å². The molecule has 0 radical (unpaired) electrons. The molecule has 1 aliphatic heterocycles. The summed E-state index contributed by atoms with van der Waals surface area (Å²) >= 11 is 0. The van der Waals surface area contributed by atoms with Crippen LogP contribution in [0, 0.1) is 0 Å². The largest absolute Gasteiger partial charge is 0.493 e. The lowest BCUT2D eigenvalue weighted by molar-refractivity contribution is -0.137. The van der Waals surface area contributed by atoms with Gasteiger partial charge < -0.3 is 15.2 Å². The maximum atomic E-state index is 12.0. The van der Waals surface area contributed by atoms with E-state index in [-0.39, 0.29) is 36.7 Å². The molecular formula is C23H31ClN2O5S. The molecule has 0 aliphatic carbocycles. The minimum Gasteiger partial charge on any atom is -0.493 e. The Balaban J connectivity index is 0.00000363. The van der Waals surface area contributed by atoms with E-state index in [4.69, 9.17) is 9.84 Å². The van der Waals surface area contributed by atoms with Crippen LogP contribution in [-0.4, -0.2) is 50.5 Å². The van der Waals surface area contributed by atoms with Crippen molar-refractivity contribution < 1.29 is 23.1 Å². The number of carboxylic acids is 1. The minimum atomic E-state index is -3.24. The molecule has 1 saturated heterocycles. The molecule has 0 saturated carbocycles. The van der Waals surface area contributed by atoms with Crippen LogP contribution in [0.1, 0.15) is 31.7 Å². The van der Waals surface area contributed by atoms with Crippen molar-refractivity contribution in [1.82, 2.24) is 10.0 Å². The number of nitrogens with one attached hydrogen (secondary N) is 2. The normalized spacial score (nSPS) is 18.2. The third-order valence-electron chi connectivity index (χ3n) is 5.43. The Morgan fingerprint density at radius 2 is 2.00 bits per heavy atom. The summed E-state index contributed by atoms with van der Waals surface area (Å²) in [5, 5.41) is 12.2. The summed E-state index contributed by atoms with van der Waals surface area (Å²) in [5.74, 6) is -0.0307. The van der Waals surface area contributed by atoms with Crippen LogP contribution >= 0.6 is 12.4 Å². The van der Waals surface area contributed by atoms with E-state index in [1.807, 2.05) is 42.5 Å². The second-order valence-electron chi connectivity index (χ2n) is 7.72. The van der Waals surface area contributed by atoms with Gasteiger partial charge in [-0.25, -0.2) is 13.1 Å². The zero-order valence-corrected chi connectivity index (χ0v) is 19.8. The number of hydrogen-bond donors (Lipinski definition) is 3. The standard InChI is InChI=1S/C23H30N2O5S.ClH/c1-2-31(28,29)25-20-12-13-24-21(20)16-17-7-5-8-18(15-17)19-9-3-4-10-22(19)30-14-6-11-23(26)27;/h3-5,7-10,15,20-21,24-25H,2,6,11-14,16H2,1H3,(H,26,27);1H. The van der Waals surface area contributed by atoms with Gasteiger partial charge in [-0.15, -0.1) is 12.4 Å². The zero-order valence-electron chi connectivity index (χ0n) is 18.1. The highest BCUT2D eigenvalue weighted by molar-refractivity contribution is 7.89. The van der Waals surface area contributed by atoms with E-state index in [9.17, 15) is 13.2 Å². The molecule has 7 nitrogen and oxygen atoms in total. The molecule has 0 bridgehead atoms. The second-order valence-corrected chi connectivity index (χ2v) is 9.77. The van der Waals surface area contributed by atoms with Crippen molar-refractivity contribution in [2.75, 3.05) is 18.9 Å². The third-order valence-corrected chi connectivity index (χ3v) is 6.85. The molecule has 176 valence electrons. The van der Waals surface area contributed by atoms with E-state index in [0.717, 1.165) is 35.4 Å². The van der Waals surface area contributed by atoms with Crippen molar-refractivity contribution in [3.8, 4) is 16.9 Å². The van der Waals surface area contributed by atoms with E-state index < -0.39 is 16.0 Å². The first-order valence-corrected chi connectivity index (χ1v) is 12.3. The number of rotatable bonds is 11. The van der Waals surface area contributed by atoms with E-state index >= 15 is 0 Å². The van der Waals surface area contributed by atoms with E-state index in [1.54, 1.807) is 6.92 Å². The molecular weight excluding hydrogens is 452 g/mol. The molecule has 1 fully saturated rings. The van der Waals surface area contributed by atoms with Gasteiger partial charge in [0, 0.05) is 24.1 Å². The van der Waals surface area contributed by atoms with Crippen LogP contribution in [-0.2, 0) is 21.2 Å². The Bertz CT molecular complexity index is 999. The number of hydrogen-bond acceptors (Lipinski definition) is 5. The first-order chi connectivity index (χ1) is 14.9. The Labute approximate surface area is 196 Å². The fraction of sp³-hybridized carbons (Fsp3) is 0.435. The smallest absolute Gasteiger partial charge is 0.303 e. The minimum absolute atomic E-state index is 0. The monoisotopic (exact) mass is 482 g/mol. The Hall–Kier alpha value is -2.13. The lowest BCUT2D eigenvalue weighted by Gasteiger charge is -2.21. The number of ether oxygens (including phenoxy) is 1. The molecule has 2 atom stereocenters. The highest BCUT2D eigenvalue weighted by Crippen LogP contribution is 2.31. The van der Waals surface area contributed by atoms with Gasteiger partial charge in [-0.05, 0) is 49.9 Å². The highest BCUT2D eigenvalue weighted by atomic mass is 35.5. The fourth-order valence-electron chi connectivity index (χ4n) is 3.79. The first-order valence-electron chi connectivity index (χ1n) is 10.6. The summed E-state index contributed by atoms with van der Waals surface area (Å²) in [6, 6.07) is 15.8. The molecule has 0 aromatic heterocycles. The molecule has 2 aromatic carbocycles. The number of benzene rings is 2. The van der Waals surface area contributed by atoms with Gasteiger partial charge in [0.2, 0.25) is 10.0 Å². The van der Waals surface area contributed by atoms with Gasteiger partial charge in [-0.2, -0.15) is 0 Å². The molecule has 0 amide bonds. The van der Waals surface area contributed by atoms with Gasteiger partial charge in [-0.1, -0.05) is 42.5 Å². The molecule has 0 spiro atoms. The number of aliphatic carboxylic acids is 1. The van der Waals surface area contributed by atoms with Gasteiger partial charge >= 0.3 is 5.97 Å². The summed E-state index contributed by atoms with van der Waals surface area (Å²) in [5.41, 5.74) is 3.07. The van der Waals surface area contributed by atoms with Gasteiger partial charge in [0.1, 0.15) is 5.75 Å². The summed E-state index contributed by atoms with van der Waals surface area (Å²) in [7, 11) is -3.24. The Morgan fingerprint density at radius 1 is 1.22 bits per heavy atom. The fourth-order valence-corrected chi connectivity index (χ4v) is 4.70. The maximum absolute atomic E-state index is 12.0. The molecule has 3 N–H and O–H groups in total. The van der Waals surface area contributed by atoms with Crippen molar-refractivity contribution in [1.29, 1.82) is 0 Å². The number of carbonyl (C=O) groups is 1. The van der Waals surface area contributed by atoms with Crippen LogP contribution in [0.15, 0.2) is 48.5 Å². The van der Waals surface area contributed by atoms with Crippen molar-refractivity contribution in [2.45, 2.75) is 44.7 Å². The van der Waals surface area contributed by atoms with Crippen LogP contribution in [0.2, 0.25) is 0 Å². The van der Waals surface area contributed by atoms with Gasteiger partial charge in [0.25, 0.3) is 0 Å². The third kappa shape index (κ3) is 7.48. The molecule has 2 unspecified atom stereocenters. The molecule has 9 heteroatoms. The zero-order chi connectivity index (χ0) is 22.3. The predicted octanol–water partition coefficient (Wildman–Crippen LogP) is 3.23. The first kappa shape index (κ1) is 26.1. The van der Waals surface area contributed by atoms with E-state index in [0.29, 0.717) is 19.4 Å². The average molecular weight is 483 g/mol. The van der Waals surface area contributed by atoms with Crippen LogP contribution in [0.25, 0.3) is 11.1 Å². The van der Waals surface area contributed by atoms with Crippen molar-refractivity contribution in [3.63, 3.8) is 0 Å². The average Bonchev–Trinajstić information content (AvgIpc) is 3.17. The highest BCUT2D eigenvalue weighted by Gasteiger charge is 2.29. The molecule has 1 aliphatic rings. The second kappa shape index (κ2) is 12.2. The number of sulfonamides is 1. The summed E-state index contributed by atoms with van der Waals surface area (Å²) in [6.07, 6.45) is 2.02. The molecule has 1 heterocycles. The summed E-state index contributed by atoms with van der Waals surface area (Å²) < 4.78 is 32.6. The summed E-state index contributed by atoms with van der Waals surface area (Å²) in [4.78, 5) is 10.7. The van der Waals surface area contributed by atoms with Gasteiger partial charge in [0.15, 0.2) is 0 Å². The summed E-state index contributed by atoms with van der Waals surface area (Å²) in [6.45, 7) is 2.77. The van der Waals surface area contributed by atoms with Gasteiger partial charge in [0.05, 0.1) is 12.4 Å².